The summed E-state index contributed by atoms with van der Waals surface area (Å²) in [6, 6.07) is 9.32. The molecule has 1 aromatic heterocycles. The number of hydrogen-bond donors (Lipinski definition) is 1. The molecule has 0 saturated carbocycles. The van der Waals surface area contributed by atoms with Crippen LogP contribution in [0.5, 0.6) is 0 Å². The van der Waals surface area contributed by atoms with Crippen molar-refractivity contribution in [3.63, 3.8) is 0 Å². The molecule has 0 spiro atoms. The van der Waals surface area contributed by atoms with Crippen LogP contribution < -0.4 is 5.56 Å². The van der Waals surface area contributed by atoms with Crippen LogP contribution in [0.1, 0.15) is 19.5 Å². The minimum atomic E-state index is -0.0111. The third kappa shape index (κ3) is 2.88. The summed E-state index contributed by atoms with van der Waals surface area (Å²) in [5.74, 6) is 0.534. The highest BCUT2D eigenvalue weighted by atomic mass is 79.9. The number of benzene rings is 1. The van der Waals surface area contributed by atoms with E-state index in [1.807, 2.05) is 24.3 Å². The highest BCUT2D eigenvalue weighted by Gasteiger charge is 2.06. The van der Waals surface area contributed by atoms with E-state index in [2.05, 4.69) is 34.9 Å². The molecule has 4 heteroatoms. The van der Waals surface area contributed by atoms with Crippen LogP contribution in [0.15, 0.2) is 39.6 Å². The zero-order valence-electron chi connectivity index (χ0n) is 9.90. The van der Waals surface area contributed by atoms with Crippen molar-refractivity contribution < 1.29 is 0 Å². The Morgan fingerprint density at radius 2 is 1.94 bits per heavy atom. The lowest BCUT2D eigenvalue weighted by Crippen LogP contribution is -2.13. The first-order valence-corrected chi connectivity index (χ1v) is 6.42. The first-order valence-electron chi connectivity index (χ1n) is 5.63. The molecule has 1 N–H and O–H groups in total. The van der Waals surface area contributed by atoms with Gasteiger partial charge >= 0.3 is 0 Å². The fourth-order valence-electron chi connectivity index (χ4n) is 1.77. The molecule has 0 unspecified atom stereocenters. The molecule has 0 amide bonds. The molecule has 0 aliphatic heterocycles. The first-order chi connectivity index (χ1) is 8.06. The minimum Gasteiger partial charge on any atom is -0.295 e. The topological polar surface area (TPSA) is 37.8 Å². The number of aromatic amines is 1. The lowest BCUT2D eigenvalue weighted by Gasteiger charge is -2.03. The molecule has 0 bridgehead atoms. The molecule has 0 aliphatic rings. The van der Waals surface area contributed by atoms with E-state index < -0.39 is 0 Å². The number of rotatable bonds is 3. The van der Waals surface area contributed by atoms with Crippen molar-refractivity contribution >= 4 is 15.9 Å². The lowest BCUT2D eigenvalue weighted by molar-refractivity contribution is 0.628. The average molecular weight is 295 g/mol. The van der Waals surface area contributed by atoms with E-state index in [9.17, 15) is 4.79 Å². The standard InChI is InChI=1S/C13H15BrN2O/c1-9(2)7-11-8-13(17)16(15-11)12-5-3-10(14)4-6-12/h3-6,8-9,15H,7H2,1-2H3. The van der Waals surface area contributed by atoms with Crippen LogP contribution in [0.2, 0.25) is 0 Å². The summed E-state index contributed by atoms with van der Waals surface area (Å²) in [5.41, 5.74) is 1.82. The average Bonchev–Trinajstić information content (AvgIpc) is 2.59. The molecule has 3 nitrogen and oxygen atoms in total. The highest BCUT2D eigenvalue weighted by molar-refractivity contribution is 9.10. The van der Waals surface area contributed by atoms with Crippen molar-refractivity contribution in [2.45, 2.75) is 20.3 Å². The Balaban J connectivity index is 2.36. The first kappa shape index (κ1) is 12.2. The maximum Gasteiger partial charge on any atom is 0.271 e. The number of aromatic nitrogens is 2. The van der Waals surface area contributed by atoms with E-state index >= 15 is 0 Å². The SMILES string of the molecule is CC(C)Cc1cc(=O)n(-c2ccc(Br)cc2)[nH]1. The Labute approximate surface area is 109 Å². The third-order valence-electron chi connectivity index (χ3n) is 2.49. The smallest absolute Gasteiger partial charge is 0.271 e. The van der Waals surface area contributed by atoms with Gasteiger partial charge in [-0.15, -0.1) is 0 Å². The van der Waals surface area contributed by atoms with Crippen LogP contribution in [0.4, 0.5) is 0 Å². The van der Waals surface area contributed by atoms with Crippen LogP contribution >= 0.6 is 15.9 Å². The fourth-order valence-corrected chi connectivity index (χ4v) is 2.04. The number of nitrogens with zero attached hydrogens (tertiary/aromatic N) is 1. The second kappa shape index (κ2) is 4.92. The van der Waals surface area contributed by atoms with Crippen molar-refractivity contribution in [3.8, 4) is 5.69 Å². The van der Waals surface area contributed by atoms with Gasteiger partial charge in [0.25, 0.3) is 5.56 Å². The van der Waals surface area contributed by atoms with Gasteiger partial charge in [0.1, 0.15) is 0 Å². The van der Waals surface area contributed by atoms with Crippen molar-refractivity contribution in [1.29, 1.82) is 0 Å². The molecule has 2 aromatic rings. The Bertz CT molecular complexity index is 552. The van der Waals surface area contributed by atoms with E-state index in [4.69, 9.17) is 0 Å². The highest BCUT2D eigenvalue weighted by Crippen LogP contribution is 2.13. The van der Waals surface area contributed by atoms with Gasteiger partial charge in [0, 0.05) is 16.2 Å². The summed E-state index contributed by atoms with van der Waals surface area (Å²) in [6.45, 7) is 4.27. The van der Waals surface area contributed by atoms with Gasteiger partial charge in [0.05, 0.1) is 5.69 Å². The Morgan fingerprint density at radius 3 is 2.53 bits per heavy atom. The molecule has 0 atom stereocenters. The van der Waals surface area contributed by atoms with E-state index in [-0.39, 0.29) is 5.56 Å². The zero-order valence-corrected chi connectivity index (χ0v) is 11.5. The Morgan fingerprint density at radius 1 is 1.29 bits per heavy atom. The summed E-state index contributed by atoms with van der Waals surface area (Å²) >= 11 is 3.38. The van der Waals surface area contributed by atoms with Gasteiger partial charge in [-0.3, -0.25) is 9.89 Å². The van der Waals surface area contributed by atoms with Crippen molar-refractivity contribution in [2.24, 2.45) is 5.92 Å². The second-order valence-electron chi connectivity index (χ2n) is 4.53. The molecule has 0 radical (unpaired) electrons. The molecule has 2 rings (SSSR count). The summed E-state index contributed by atoms with van der Waals surface area (Å²) < 4.78 is 2.58. The number of nitrogens with one attached hydrogen (secondary N) is 1. The van der Waals surface area contributed by atoms with Crippen LogP contribution in [0.3, 0.4) is 0 Å². The largest absolute Gasteiger partial charge is 0.295 e. The normalized spacial score (nSPS) is 11.1. The molecule has 0 fully saturated rings. The van der Waals surface area contributed by atoms with Crippen LogP contribution in [-0.2, 0) is 6.42 Å². The van der Waals surface area contributed by atoms with Gasteiger partial charge in [-0.25, -0.2) is 4.68 Å². The fraction of sp³-hybridized carbons (Fsp3) is 0.308. The van der Waals surface area contributed by atoms with Crippen molar-refractivity contribution in [2.75, 3.05) is 0 Å². The molecule has 17 heavy (non-hydrogen) atoms. The molecular formula is C13H15BrN2O. The minimum absolute atomic E-state index is 0.0111. The molecular weight excluding hydrogens is 280 g/mol. The summed E-state index contributed by atoms with van der Waals surface area (Å²) in [4.78, 5) is 11.8. The van der Waals surface area contributed by atoms with E-state index in [1.165, 1.54) is 0 Å². The van der Waals surface area contributed by atoms with Crippen molar-refractivity contribution in [3.05, 3.63) is 50.9 Å². The summed E-state index contributed by atoms with van der Waals surface area (Å²) in [5, 5.41) is 3.14. The van der Waals surface area contributed by atoms with Crippen LogP contribution in [0, 0.1) is 5.92 Å². The Hall–Kier alpha value is -1.29. The number of H-pyrrole nitrogens is 1. The molecule has 1 aromatic carbocycles. The molecule has 0 saturated heterocycles. The third-order valence-corrected chi connectivity index (χ3v) is 3.02. The molecule has 90 valence electrons. The predicted octanol–water partition coefficient (Wildman–Crippen LogP) is 3.13. The van der Waals surface area contributed by atoms with Gasteiger partial charge in [0.2, 0.25) is 0 Å². The van der Waals surface area contributed by atoms with E-state index in [0.29, 0.717) is 5.92 Å². The number of hydrogen-bond acceptors (Lipinski definition) is 1. The van der Waals surface area contributed by atoms with E-state index in [1.54, 1.807) is 10.7 Å². The second-order valence-corrected chi connectivity index (χ2v) is 5.45. The van der Waals surface area contributed by atoms with Gasteiger partial charge in [-0.2, -0.15) is 0 Å². The van der Waals surface area contributed by atoms with Gasteiger partial charge in [0.15, 0.2) is 0 Å². The molecule has 0 aliphatic carbocycles. The van der Waals surface area contributed by atoms with Crippen LogP contribution in [0.25, 0.3) is 5.69 Å². The monoisotopic (exact) mass is 294 g/mol. The lowest BCUT2D eigenvalue weighted by atomic mass is 10.1. The predicted molar refractivity (Wildman–Crippen MR) is 72.6 cm³/mol. The number of halogens is 1. The van der Waals surface area contributed by atoms with Crippen LogP contribution in [-0.4, -0.2) is 9.78 Å². The van der Waals surface area contributed by atoms with Gasteiger partial charge < -0.3 is 0 Å². The van der Waals surface area contributed by atoms with Gasteiger partial charge in [-0.1, -0.05) is 29.8 Å². The summed E-state index contributed by atoms with van der Waals surface area (Å²) in [7, 11) is 0. The van der Waals surface area contributed by atoms with E-state index in [0.717, 1.165) is 22.3 Å². The molecule has 1 heterocycles. The van der Waals surface area contributed by atoms with Crippen molar-refractivity contribution in [1.82, 2.24) is 9.78 Å². The Kier molecular flexibility index (Phi) is 3.52. The maximum absolute atomic E-state index is 11.8. The van der Waals surface area contributed by atoms with Gasteiger partial charge in [-0.05, 0) is 36.6 Å². The maximum atomic E-state index is 11.8. The quantitative estimate of drug-likeness (QED) is 0.928. The summed E-state index contributed by atoms with van der Waals surface area (Å²) in [6.07, 6.45) is 0.888. The zero-order chi connectivity index (χ0) is 12.4.